The lowest BCUT2D eigenvalue weighted by molar-refractivity contribution is 0.130. The van der Waals surface area contributed by atoms with Gasteiger partial charge in [-0.1, -0.05) is 30.9 Å². The second kappa shape index (κ2) is 9.43. The van der Waals surface area contributed by atoms with Gasteiger partial charge in [0.25, 0.3) is 0 Å². The average Bonchev–Trinajstić information content (AvgIpc) is 2.62. The summed E-state index contributed by atoms with van der Waals surface area (Å²) in [7, 11) is 0. The molecule has 0 atom stereocenters. The summed E-state index contributed by atoms with van der Waals surface area (Å²) >= 11 is 5.65. The van der Waals surface area contributed by atoms with E-state index in [1.807, 2.05) is 0 Å². The second-order valence-corrected chi connectivity index (χ2v) is 6.81. The zero-order chi connectivity index (χ0) is 20.0. The van der Waals surface area contributed by atoms with Crippen molar-refractivity contribution in [2.45, 2.75) is 38.2 Å². The summed E-state index contributed by atoms with van der Waals surface area (Å²) in [5, 5.41) is 29.0. The number of dihydropyridines is 1. The lowest BCUT2D eigenvalue weighted by Gasteiger charge is -2.16. The van der Waals surface area contributed by atoms with Crippen LogP contribution in [0.15, 0.2) is 41.8 Å². The van der Waals surface area contributed by atoms with Gasteiger partial charge in [-0.15, -0.1) is 0 Å². The zero-order valence-corrected chi connectivity index (χ0v) is 15.6. The molecule has 1 aromatic rings. The molecule has 1 saturated carbocycles. The Morgan fingerprint density at radius 3 is 2.41 bits per heavy atom. The van der Waals surface area contributed by atoms with Crippen molar-refractivity contribution in [3.05, 3.63) is 58.2 Å². The molecule has 8 heteroatoms. The number of hydrogen-bond donors (Lipinski definition) is 6. The molecule has 1 heterocycles. The van der Waals surface area contributed by atoms with Gasteiger partial charge in [0.05, 0.1) is 17.4 Å². The minimum absolute atomic E-state index is 0.0316. The van der Waals surface area contributed by atoms with Gasteiger partial charge in [-0.05, 0) is 31.1 Å². The number of benzene rings is 1. The van der Waals surface area contributed by atoms with E-state index in [9.17, 15) is 9.50 Å². The molecular weight excluding hydrogens is 371 g/mol. The molecule has 3 rings (SSSR count). The number of rotatable bonds is 2. The van der Waals surface area contributed by atoms with Gasteiger partial charge in [-0.3, -0.25) is 5.41 Å². The van der Waals surface area contributed by atoms with Crippen LogP contribution in [-0.2, 0) is 0 Å². The Labute approximate surface area is 162 Å². The molecular formula is C19H24ClFN4O2. The van der Waals surface area contributed by atoms with Gasteiger partial charge in [0.15, 0.2) is 0 Å². The number of nitrogens with two attached hydrogens (primary N) is 2. The molecule has 146 valence electrons. The van der Waals surface area contributed by atoms with Crippen molar-refractivity contribution in [2.75, 3.05) is 0 Å². The van der Waals surface area contributed by atoms with E-state index in [2.05, 4.69) is 5.32 Å². The third-order valence-electron chi connectivity index (χ3n) is 4.32. The number of aromatic hydroxyl groups is 1. The molecule has 0 radical (unpaired) electrons. The van der Waals surface area contributed by atoms with Crippen molar-refractivity contribution in [2.24, 2.45) is 11.5 Å². The fraction of sp³-hybridized carbons (Fsp3) is 0.316. The molecule has 0 bridgehead atoms. The number of aliphatic hydroxyl groups is 1. The lowest BCUT2D eigenvalue weighted by atomic mass is 9.97. The summed E-state index contributed by atoms with van der Waals surface area (Å²) in [5.74, 6) is -1.36. The first-order valence-corrected chi connectivity index (χ1v) is 9.02. The van der Waals surface area contributed by atoms with Gasteiger partial charge in [-0.25, -0.2) is 4.39 Å². The number of phenolic OH excluding ortho intramolecular Hbond substituents is 1. The van der Waals surface area contributed by atoms with Gasteiger partial charge in [0.2, 0.25) is 0 Å². The molecule has 1 aliphatic heterocycles. The molecule has 0 amide bonds. The number of hydrogen-bond acceptors (Lipinski definition) is 5. The van der Waals surface area contributed by atoms with Crippen LogP contribution in [0.2, 0.25) is 5.02 Å². The highest BCUT2D eigenvalue weighted by molar-refractivity contribution is 6.30. The normalized spacial score (nSPS) is 18.7. The molecule has 1 fully saturated rings. The minimum Gasteiger partial charge on any atom is -0.507 e. The SMILES string of the molecule is N=C(N)C1=CNC=C/C1=C(/N)c1c(O)cc(Cl)cc1F.OC1CCCCC1. The Bertz CT molecular complexity index is 776. The minimum atomic E-state index is -0.755. The van der Waals surface area contributed by atoms with Crippen LogP contribution in [0.25, 0.3) is 5.70 Å². The maximum absolute atomic E-state index is 13.9. The first kappa shape index (κ1) is 20.8. The van der Waals surface area contributed by atoms with Crippen molar-refractivity contribution >= 4 is 23.1 Å². The topological polar surface area (TPSA) is 128 Å². The van der Waals surface area contributed by atoms with Crippen molar-refractivity contribution in [3.63, 3.8) is 0 Å². The van der Waals surface area contributed by atoms with Gasteiger partial charge >= 0.3 is 0 Å². The number of halogens is 2. The maximum Gasteiger partial charge on any atom is 0.137 e. The van der Waals surface area contributed by atoms with E-state index < -0.39 is 5.82 Å². The van der Waals surface area contributed by atoms with Crippen LogP contribution in [0.1, 0.15) is 37.7 Å². The van der Waals surface area contributed by atoms with Crippen LogP contribution in [0, 0.1) is 11.2 Å². The first-order valence-electron chi connectivity index (χ1n) is 8.65. The van der Waals surface area contributed by atoms with E-state index in [4.69, 9.17) is 33.6 Å². The largest absolute Gasteiger partial charge is 0.507 e. The summed E-state index contributed by atoms with van der Waals surface area (Å²) in [6.07, 6.45) is 10.5. The third-order valence-corrected chi connectivity index (χ3v) is 4.54. The predicted molar refractivity (Wildman–Crippen MR) is 106 cm³/mol. The van der Waals surface area contributed by atoms with Gasteiger partial charge in [0.1, 0.15) is 17.4 Å². The highest BCUT2D eigenvalue weighted by atomic mass is 35.5. The molecule has 0 spiro atoms. The van der Waals surface area contributed by atoms with Crippen LogP contribution in [0.3, 0.4) is 0 Å². The van der Waals surface area contributed by atoms with Crippen molar-refractivity contribution in [3.8, 4) is 5.75 Å². The van der Waals surface area contributed by atoms with E-state index in [1.54, 1.807) is 12.3 Å². The zero-order valence-electron chi connectivity index (χ0n) is 14.8. The summed E-state index contributed by atoms with van der Waals surface area (Å²) in [6, 6.07) is 2.24. The summed E-state index contributed by atoms with van der Waals surface area (Å²) < 4.78 is 13.9. The number of nitrogens with one attached hydrogen (secondary N) is 2. The van der Waals surface area contributed by atoms with Gasteiger partial charge < -0.3 is 27.0 Å². The number of aliphatic hydroxyl groups excluding tert-OH is 1. The Balaban J connectivity index is 0.000000313. The highest BCUT2D eigenvalue weighted by Crippen LogP contribution is 2.32. The van der Waals surface area contributed by atoms with Crippen molar-refractivity contribution in [1.82, 2.24) is 5.32 Å². The lowest BCUT2D eigenvalue weighted by Crippen LogP contribution is -2.20. The van der Waals surface area contributed by atoms with Crippen LogP contribution in [0.5, 0.6) is 5.75 Å². The van der Waals surface area contributed by atoms with E-state index in [-0.39, 0.29) is 34.0 Å². The molecule has 0 unspecified atom stereocenters. The first-order chi connectivity index (χ1) is 12.8. The van der Waals surface area contributed by atoms with E-state index in [1.165, 1.54) is 31.5 Å². The van der Waals surface area contributed by atoms with Gasteiger partial charge in [-0.2, -0.15) is 0 Å². The standard InChI is InChI=1S/C13H12ClFN4O.C6H12O/c14-6-3-9(15)11(10(20)4-6)12(16)7-1-2-19-5-8(7)13(17)18;7-6-4-2-1-3-5-6/h1-5,19-20H,16H2,(H3,17,18);6-7H,1-5H2/b12-7-;. The maximum atomic E-state index is 13.9. The average molecular weight is 395 g/mol. The molecule has 0 saturated heterocycles. The smallest absolute Gasteiger partial charge is 0.137 e. The number of phenols is 1. The van der Waals surface area contributed by atoms with Crippen LogP contribution < -0.4 is 16.8 Å². The van der Waals surface area contributed by atoms with Crippen LogP contribution in [-0.4, -0.2) is 22.2 Å². The van der Waals surface area contributed by atoms with Crippen molar-refractivity contribution < 1.29 is 14.6 Å². The Hall–Kier alpha value is -2.51. The van der Waals surface area contributed by atoms with Crippen LogP contribution >= 0.6 is 11.6 Å². The molecule has 1 aliphatic carbocycles. The molecule has 6 nitrogen and oxygen atoms in total. The van der Waals surface area contributed by atoms with Crippen molar-refractivity contribution in [1.29, 1.82) is 5.41 Å². The Morgan fingerprint density at radius 1 is 1.22 bits per heavy atom. The Kier molecular flexibility index (Phi) is 7.27. The summed E-state index contributed by atoms with van der Waals surface area (Å²) in [6.45, 7) is 0. The van der Waals surface area contributed by atoms with E-state index in [0.717, 1.165) is 18.9 Å². The molecule has 8 N–H and O–H groups in total. The van der Waals surface area contributed by atoms with E-state index in [0.29, 0.717) is 11.1 Å². The molecule has 1 aromatic carbocycles. The summed E-state index contributed by atoms with van der Waals surface area (Å²) in [5.41, 5.74) is 11.8. The Morgan fingerprint density at radius 2 is 1.89 bits per heavy atom. The molecule has 2 aliphatic rings. The predicted octanol–water partition coefficient (Wildman–Crippen LogP) is 3.10. The molecule has 0 aromatic heterocycles. The third kappa shape index (κ3) is 5.48. The summed E-state index contributed by atoms with van der Waals surface area (Å²) in [4.78, 5) is 0. The fourth-order valence-electron chi connectivity index (χ4n) is 2.93. The van der Waals surface area contributed by atoms with E-state index >= 15 is 0 Å². The van der Waals surface area contributed by atoms with Gasteiger partial charge in [0, 0.05) is 28.6 Å². The second-order valence-electron chi connectivity index (χ2n) is 6.37. The number of amidine groups is 1. The quantitative estimate of drug-likeness (QED) is 0.339. The fourth-order valence-corrected chi connectivity index (χ4v) is 3.13. The monoisotopic (exact) mass is 394 g/mol. The van der Waals surface area contributed by atoms with Crippen LogP contribution in [0.4, 0.5) is 4.39 Å². The molecule has 27 heavy (non-hydrogen) atoms. The highest BCUT2D eigenvalue weighted by Gasteiger charge is 2.19. The number of allylic oxidation sites excluding steroid dienone is 1.